The molecule has 1 saturated heterocycles. The molecule has 0 radical (unpaired) electrons. The summed E-state index contributed by atoms with van der Waals surface area (Å²) in [6.07, 6.45) is 1.80. The molecule has 0 saturated carbocycles. The summed E-state index contributed by atoms with van der Waals surface area (Å²) < 4.78 is 0. The number of hydrogen-bond acceptors (Lipinski definition) is 6. The van der Waals surface area contributed by atoms with Gasteiger partial charge in [0.05, 0.1) is 19.0 Å². The monoisotopic (exact) mass is 466 g/mol. The summed E-state index contributed by atoms with van der Waals surface area (Å²) in [6.45, 7) is 10.8. The minimum atomic E-state index is -0.790. The zero-order chi connectivity index (χ0) is 24.8. The van der Waals surface area contributed by atoms with Gasteiger partial charge in [-0.2, -0.15) is 0 Å². The topological polar surface area (TPSA) is 108 Å². The molecule has 7 heteroatoms. The third-order valence-corrected chi connectivity index (χ3v) is 7.26. The number of hydrogen-bond donors (Lipinski definition) is 4. The molecular weight excluding hydrogens is 428 g/mol. The average Bonchev–Trinajstić information content (AvgIpc) is 2.84. The molecule has 1 fully saturated rings. The summed E-state index contributed by atoms with van der Waals surface area (Å²) in [5.74, 6) is -1.20. The maximum atomic E-state index is 12.5. The fraction of sp³-hybridized carbons (Fsp3) is 0.481. The third-order valence-electron chi connectivity index (χ3n) is 7.26. The molecule has 1 unspecified atom stereocenters. The van der Waals surface area contributed by atoms with Gasteiger partial charge in [0.15, 0.2) is 5.78 Å². The van der Waals surface area contributed by atoms with Gasteiger partial charge in [-0.1, -0.05) is 30.3 Å². The lowest BCUT2D eigenvalue weighted by atomic mass is 9.96. The van der Waals surface area contributed by atoms with Gasteiger partial charge in [-0.15, -0.1) is 0 Å². The van der Waals surface area contributed by atoms with Crippen molar-refractivity contribution in [2.24, 2.45) is 0 Å². The first-order chi connectivity index (χ1) is 16.2. The van der Waals surface area contributed by atoms with Crippen LogP contribution in [0.3, 0.4) is 0 Å². The average molecular weight is 467 g/mol. The first-order valence-electron chi connectivity index (χ1n) is 12.0. The minimum absolute atomic E-state index is 0.114. The molecule has 7 nitrogen and oxygen atoms in total. The highest BCUT2D eigenvalue weighted by molar-refractivity contribution is 5.86. The first kappa shape index (κ1) is 25.7. The van der Waals surface area contributed by atoms with Gasteiger partial charge in [-0.3, -0.25) is 9.59 Å². The zero-order valence-electron chi connectivity index (χ0n) is 20.8. The van der Waals surface area contributed by atoms with Crippen LogP contribution in [-0.4, -0.2) is 60.5 Å². The van der Waals surface area contributed by atoms with Crippen molar-refractivity contribution in [3.8, 4) is 0 Å². The predicted molar refractivity (Wildman–Crippen MR) is 138 cm³/mol. The maximum absolute atomic E-state index is 12.5. The van der Waals surface area contributed by atoms with Crippen LogP contribution in [0.4, 0.5) is 11.4 Å². The second-order valence-electron chi connectivity index (χ2n) is 9.44. The number of carbonyl (C=O) groups excluding carboxylic acids is 1. The van der Waals surface area contributed by atoms with Crippen LogP contribution in [0.5, 0.6) is 0 Å². The van der Waals surface area contributed by atoms with Crippen molar-refractivity contribution < 1.29 is 14.7 Å². The molecular formula is C27H38N4O3. The molecule has 1 heterocycles. The number of Topliss-reactive ketones (excluding diaryl/α,β-unsaturated/α-hetero) is 1. The van der Waals surface area contributed by atoms with Crippen LogP contribution in [0.25, 0.3) is 0 Å². The fourth-order valence-electron chi connectivity index (χ4n) is 4.70. The predicted octanol–water partition coefficient (Wildman–Crippen LogP) is 3.41. The van der Waals surface area contributed by atoms with Crippen molar-refractivity contribution in [2.75, 3.05) is 43.8 Å². The molecule has 184 valence electrons. The molecule has 5 N–H and O–H groups in total. The molecule has 2 aromatic rings. The van der Waals surface area contributed by atoms with Gasteiger partial charge in [0, 0.05) is 24.0 Å². The van der Waals surface area contributed by atoms with Crippen LogP contribution in [-0.2, 0) is 9.59 Å². The summed E-state index contributed by atoms with van der Waals surface area (Å²) in [6, 6.07) is 9.68. The van der Waals surface area contributed by atoms with Crippen LogP contribution in [0, 0.1) is 27.7 Å². The fourth-order valence-corrected chi connectivity index (χ4v) is 4.70. The number of likely N-dealkylation sites (tertiary alicyclic amines) is 1. The summed E-state index contributed by atoms with van der Waals surface area (Å²) in [4.78, 5) is 26.5. The second-order valence-corrected chi connectivity index (χ2v) is 9.44. The zero-order valence-corrected chi connectivity index (χ0v) is 20.8. The highest BCUT2D eigenvalue weighted by atomic mass is 16.4. The van der Waals surface area contributed by atoms with E-state index < -0.39 is 11.9 Å². The van der Waals surface area contributed by atoms with Gasteiger partial charge in [-0.05, 0) is 81.4 Å². The minimum Gasteiger partial charge on any atom is -0.481 e. The Balaban J connectivity index is 1.44. The number of nitrogens with one attached hydrogen (secondary N) is 2. The lowest BCUT2D eigenvalue weighted by molar-refractivity contribution is -0.139. The van der Waals surface area contributed by atoms with E-state index in [0.29, 0.717) is 13.1 Å². The van der Waals surface area contributed by atoms with Gasteiger partial charge < -0.3 is 26.4 Å². The van der Waals surface area contributed by atoms with E-state index in [9.17, 15) is 14.7 Å². The van der Waals surface area contributed by atoms with E-state index in [1.807, 2.05) is 58.0 Å². The molecule has 2 aromatic carbocycles. The van der Waals surface area contributed by atoms with Crippen molar-refractivity contribution in [3.63, 3.8) is 0 Å². The summed E-state index contributed by atoms with van der Waals surface area (Å²) in [7, 11) is 0. The molecule has 0 bridgehead atoms. The Bertz CT molecular complexity index is 985. The van der Waals surface area contributed by atoms with E-state index in [0.717, 1.165) is 65.1 Å². The molecule has 3 rings (SSSR count). The van der Waals surface area contributed by atoms with E-state index >= 15 is 0 Å². The van der Waals surface area contributed by atoms with Gasteiger partial charge >= 0.3 is 5.97 Å². The smallest absolute Gasteiger partial charge is 0.312 e. The number of rotatable bonds is 10. The van der Waals surface area contributed by atoms with E-state index in [1.165, 1.54) is 0 Å². The quantitative estimate of drug-likeness (QED) is 0.398. The lowest BCUT2D eigenvalue weighted by Gasteiger charge is -2.33. The Hall–Kier alpha value is -2.90. The molecule has 0 aromatic heterocycles. The normalized spacial score (nSPS) is 15.8. The highest BCUT2D eigenvalue weighted by Crippen LogP contribution is 2.32. The molecule has 1 aliphatic rings. The molecule has 0 spiro atoms. The summed E-state index contributed by atoms with van der Waals surface area (Å²) in [5.41, 5.74) is 13.1. The number of ketones is 1. The number of carboxylic acid groups (broad SMARTS) is 1. The number of nitrogens with zero attached hydrogens (tertiary/aromatic N) is 1. The first-order valence-corrected chi connectivity index (χ1v) is 12.0. The number of aliphatic carboxylic acids is 1. The van der Waals surface area contributed by atoms with Gasteiger partial charge in [0.1, 0.15) is 0 Å². The molecule has 0 amide bonds. The molecule has 34 heavy (non-hydrogen) atoms. The van der Waals surface area contributed by atoms with E-state index in [2.05, 4.69) is 15.5 Å². The number of nitrogens with two attached hydrogens (primary N) is 1. The number of carboxylic acids is 1. The Morgan fingerprint density at radius 3 is 2.15 bits per heavy atom. The molecule has 1 aliphatic heterocycles. The summed E-state index contributed by atoms with van der Waals surface area (Å²) in [5, 5.41) is 16.4. The lowest BCUT2D eigenvalue weighted by Crippen LogP contribution is -2.46. The molecule has 1 atom stereocenters. The van der Waals surface area contributed by atoms with Gasteiger partial charge in [-0.25, -0.2) is 0 Å². The summed E-state index contributed by atoms with van der Waals surface area (Å²) >= 11 is 0. The van der Waals surface area contributed by atoms with Crippen molar-refractivity contribution in [2.45, 2.75) is 52.5 Å². The third kappa shape index (κ3) is 6.15. The van der Waals surface area contributed by atoms with Crippen molar-refractivity contribution in [1.29, 1.82) is 0 Å². The van der Waals surface area contributed by atoms with Crippen LogP contribution < -0.4 is 16.4 Å². The standard InChI is InChI=1S/C27H38N4O3/c1-17-19(3)26(20(4)18(2)25(17)28)30-15-23(32)14-29-22-10-12-31(13-11-22)16-24(27(33)34)21-8-6-5-7-9-21/h5-9,22,24,29-30H,10-16,28H2,1-4H3,(H,33,34). The van der Waals surface area contributed by atoms with Crippen LogP contribution in [0.2, 0.25) is 0 Å². The van der Waals surface area contributed by atoms with Crippen molar-refractivity contribution in [3.05, 3.63) is 58.1 Å². The Kier molecular flexibility index (Phi) is 8.69. The number of nitrogen functional groups attached to an aromatic ring is 1. The van der Waals surface area contributed by atoms with Gasteiger partial charge in [0.2, 0.25) is 0 Å². The molecule has 0 aliphatic carbocycles. The van der Waals surface area contributed by atoms with Crippen LogP contribution in [0.1, 0.15) is 46.6 Å². The van der Waals surface area contributed by atoms with Gasteiger partial charge in [0.25, 0.3) is 0 Å². The number of benzene rings is 2. The second kappa shape index (κ2) is 11.5. The van der Waals surface area contributed by atoms with Crippen LogP contribution in [0.15, 0.2) is 30.3 Å². The Labute approximate surface area is 202 Å². The van der Waals surface area contributed by atoms with E-state index in [-0.39, 0.29) is 18.4 Å². The number of carbonyl (C=O) groups is 2. The Morgan fingerprint density at radius 2 is 1.59 bits per heavy atom. The van der Waals surface area contributed by atoms with Crippen molar-refractivity contribution >= 4 is 23.1 Å². The van der Waals surface area contributed by atoms with Crippen molar-refractivity contribution in [1.82, 2.24) is 10.2 Å². The van der Waals surface area contributed by atoms with E-state index in [1.54, 1.807) is 0 Å². The SMILES string of the molecule is Cc1c(C)c(NCC(=O)CNC2CCN(CC(C(=O)O)c3ccccc3)CC2)c(C)c(C)c1N. The van der Waals surface area contributed by atoms with Crippen LogP contribution >= 0.6 is 0 Å². The number of anilines is 2. The van der Waals surface area contributed by atoms with E-state index in [4.69, 9.17) is 5.73 Å². The largest absolute Gasteiger partial charge is 0.481 e. The Morgan fingerprint density at radius 1 is 1.00 bits per heavy atom. The highest BCUT2D eigenvalue weighted by Gasteiger charge is 2.26. The number of piperidine rings is 1. The maximum Gasteiger partial charge on any atom is 0.312 e.